The van der Waals surface area contributed by atoms with Crippen LogP contribution in [0.4, 0.5) is 5.69 Å². The summed E-state index contributed by atoms with van der Waals surface area (Å²) >= 11 is 0. The Bertz CT molecular complexity index is 938. The standard InChI is InChI=1S/C27H29NO/c1-20(2)19-24-11-15-25(16-12-24)21(3)27(29)28-26-17-13-23(14-18-26)10-9-22-7-5-4-6-8-22/h4-18,20-21H,19H2,1-3H3,(H,28,29)/b10-9+/t21-/m1/s1. The number of hydrogen-bond acceptors (Lipinski definition) is 1. The van der Waals surface area contributed by atoms with Crippen molar-refractivity contribution in [3.05, 3.63) is 101 Å². The lowest BCUT2D eigenvalue weighted by molar-refractivity contribution is -0.117. The molecule has 0 radical (unpaired) electrons. The number of rotatable bonds is 7. The maximum atomic E-state index is 12.6. The molecule has 29 heavy (non-hydrogen) atoms. The van der Waals surface area contributed by atoms with E-state index in [0.29, 0.717) is 5.92 Å². The van der Waals surface area contributed by atoms with Crippen LogP contribution in [0.15, 0.2) is 78.9 Å². The van der Waals surface area contributed by atoms with Crippen LogP contribution in [0.1, 0.15) is 48.9 Å². The Labute approximate surface area is 174 Å². The highest BCUT2D eigenvalue weighted by Gasteiger charge is 2.15. The van der Waals surface area contributed by atoms with Crippen LogP contribution in [0, 0.1) is 5.92 Å². The number of nitrogens with one attached hydrogen (secondary N) is 1. The van der Waals surface area contributed by atoms with Crippen LogP contribution in [0.3, 0.4) is 0 Å². The van der Waals surface area contributed by atoms with Crippen LogP contribution in [0.5, 0.6) is 0 Å². The molecule has 0 saturated heterocycles. The molecule has 1 N–H and O–H groups in total. The van der Waals surface area contributed by atoms with Crippen molar-refractivity contribution in [1.29, 1.82) is 0 Å². The zero-order chi connectivity index (χ0) is 20.6. The summed E-state index contributed by atoms with van der Waals surface area (Å²) < 4.78 is 0. The number of carbonyl (C=O) groups excluding carboxylic acids is 1. The van der Waals surface area contributed by atoms with E-state index >= 15 is 0 Å². The fourth-order valence-electron chi connectivity index (χ4n) is 3.25. The lowest BCUT2D eigenvalue weighted by Gasteiger charge is -2.14. The van der Waals surface area contributed by atoms with Crippen LogP contribution in [0.2, 0.25) is 0 Å². The molecule has 0 fully saturated rings. The Balaban J connectivity index is 1.59. The predicted molar refractivity (Wildman–Crippen MR) is 124 cm³/mol. The summed E-state index contributed by atoms with van der Waals surface area (Å²) in [5.74, 6) is 0.446. The van der Waals surface area contributed by atoms with E-state index < -0.39 is 0 Å². The van der Waals surface area contributed by atoms with Gasteiger partial charge in [0.25, 0.3) is 0 Å². The SMILES string of the molecule is CC(C)Cc1ccc([C@@H](C)C(=O)Nc2ccc(/C=C/c3ccccc3)cc2)cc1. The van der Waals surface area contributed by atoms with Gasteiger partial charge in [-0.05, 0) is 53.6 Å². The molecule has 0 unspecified atom stereocenters. The predicted octanol–water partition coefficient (Wildman–Crippen LogP) is 6.80. The second-order valence-corrected chi connectivity index (χ2v) is 7.92. The first-order valence-corrected chi connectivity index (χ1v) is 10.2. The fourth-order valence-corrected chi connectivity index (χ4v) is 3.25. The summed E-state index contributed by atoms with van der Waals surface area (Å²) in [4.78, 5) is 12.6. The van der Waals surface area contributed by atoms with Gasteiger partial charge in [0, 0.05) is 5.69 Å². The number of anilines is 1. The van der Waals surface area contributed by atoms with Crippen LogP contribution in [0.25, 0.3) is 12.2 Å². The number of carbonyl (C=O) groups is 1. The topological polar surface area (TPSA) is 29.1 Å². The van der Waals surface area contributed by atoms with Crippen LogP contribution in [-0.4, -0.2) is 5.91 Å². The maximum absolute atomic E-state index is 12.6. The van der Waals surface area contributed by atoms with Crippen molar-refractivity contribution in [2.45, 2.75) is 33.1 Å². The molecule has 0 bridgehead atoms. The third-order valence-corrected chi connectivity index (χ3v) is 4.96. The monoisotopic (exact) mass is 383 g/mol. The molecule has 3 aromatic carbocycles. The van der Waals surface area contributed by atoms with E-state index in [4.69, 9.17) is 0 Å². The van der Waals surface area contributed by atoms with Gasteiger partial charge in [-0.1, -0.05) is 92.7 Å². The lowest BCUT2D eigenvalue weighted by atomic mass is 9.96. The van der Waals surface area contributed by atoms with Crippen LogP contribution >= 0.6 is 0 Å². The molecule has 148 valence electrons. The van der Waals surface area contributed by atoms with Gasteiger partial charge in [-0.15, -0.1) is 0 Å². The maximum Gasteiger partial charge on any atom is 0.231 e. The summed E-state index contributed by atoms with van der Waals surface area (Å²) in [6, 6.07) is 26.5. The van der Waals surface area contributed by atoms with Gasteiger partial charge in [0.05, 0.1) is 5.92 Å². The van der Waals surface area contributed by atoms with Crippen molar-refractivity contribution in [2.24, 2.45) is 5.92 Å². The van der Waals surface area contributed by atoms with Gasteiger partial charge in [-0.25, -0.2) is 0 Å². The van der Waals surface area contributed by atoms with E-state index in [-0.39, 0.29) is 11.8 Å². The molecule has 1 atom stereocenters. The van der Waals surface area contributed by atoms with E-state index in [9.17, 15) is 4.79 Å². The van der Waals surface area contributed by atoms with E-state index in [2.05, 4.69) is 67.7 Å². The molecule has 0 aliphatic heterocycles. The second-order valence-electron chi connectivity index (χ2n) is 7.92. The van der Waals surface area contributed by atoms with Crippen molar-refractivity contribution in [2.75, 3.05) is 5.32 Å². The third-order valence-electron chi connectivity index (χ3n) is 4.96. The molecule has 1 amide bonds. The average Bonchev–Trinajstić information content (AvgIpc) is 2.73. The first-order valence-electron chi connectivity index (χ1n) is 10.2. The Kier molecular flexibility index (Phi) is 7.02. The van der Waals surface area contributed by atoms with Crippen LogP contribution < -0.4 is 5.32 Å². The zero-order valence-corrected chi connectivity index (χ0v) is 17.4. The third kappa shape index (κ3) is 6.18. The quantitative estimate of drug-likeness (QED) is 0.447. The van der Waals surface area contributed by atoms with E-state index in [1.807, 2.05) is 49.4 Å². The molecule has 0 aliphatic rings. The van der Waals surface area contributed by atoms with Gasteiger partial charge < -0.3 is 5.32 Å². The highest BCUT2D eigenvalue weighted by Crippen LogP contribution is 2.20. The fraction of sp³-hybridized carbons (Fsp3) is 0.222. The summed E-state index contributed by atoms with van der Waals surface area (Å²) in [5.41, 5.74) is 5.43. The van der Waals surface area contributed by atoms with E-state index in [0.717, 1.165) is 28.8 Å². The Morgan fingerprint density at radius 2 is 1.38 bits per heavy atom. The highest BCUT2D eigenvalue weighted by atomic mass is 16.1. The summed E-state index contributed by atoms with van der Waals surface area (Å²) in [6.45, 7) is 6.38. The molecule has 0 spiro atoms. The summed E-state index contributed by atoms with van der Waals surface area (Å²) in [7, 11) is 0. The normalized spacial score (nSPS) is 12.3. The smallest absolute Gasteiger partial charge is 0.231 e. The number of hydrogen-bond donors (Lipinski definition) is 1. The van der Waals surface area contributed by atoms with Gasteiger partial charge in [-0.3, -0.25) is 4.79 Å². The minimum Gasteiger partial charge on any atom is -0.326 e. The minimum absolute atomic E-state index is 0.00851. The van der Waals surface area contributed by atoms with Gasteiger partial charge in [-0.2, -0.15) is 0 Å². The molecule has 0 saturated carbocycles. The van der Waals surface area contributed by atoms with Crippen molar-refractivity contribution in [3.63, 3.8) is 0 Å². The average molecular weight is 384 g/mol. The van der Waals surface area contributed by atoms with Gasteiger partial charge in [0.2, 0.25) is 5.91 Å². The summed E-state index contributed by atoms with van der Waals surface area (Å²) in [6.07, 6.45) is 5.22. The first-order chi connectivity index (χ1) is 14.0. The zero-order valence-electron chi connectivity index (χ0n) is 17.4. The molecule has 2 nitrogen and oxygen atoms in total. The highest BCUT2D eigenvalue weighted by molar-refractivity contribution is 5.95. The first kappa shape index (κ1) is 20.6. The van der Waals surface area contributed by atoms with Crippen molar-refractivity contribution in [3.8, 4) is 0 Å². The molecular formula is C27H29NO. The molecule has 0 aliphatic carbocycles. The van der Waals surface area contributed by atoms with Gasteiger partial charge >= 0.3 is 0 Å². The van der Waals surface area contributed by atoms with Crippen molar-refractivity contribution >= 4 is 23.7 Å². The Hall–Kier alpha value is -3.13. The Morgan fingerprint density at radius 1 is 0.793 bits per heavy atom. The molecule has 3 aromatic rings. The summed E-state index contributed by atoms with van der Waals surface area (Å²) in [5, 5.41) is 3.02. The molecule has 0 heterocycles. The lowest BCUT2D eigenvalue weighted by Crippen LogP contribution is -2.18. The molecule has 3 rings (SSSR count). The van der Waals surface area contributed by atoms with Gasteiger partial charge in [0.15, 0.2) is 0 Å². The Morgan fingerprint density at radius 3 is 1.97 bits per heavy atom. The number of benzene rings is 3. The molecular weight excluding hydrogens is 354 g/mol. The number of amides is 1. The van der Waals surface area contributed by atoms with Gasteiger partial charge in [0.1, 0.15) is 0 Å². The van der Waals surface area contributed by atoms with Crippen LogP contribution in [-0.2, 0) is 11.2 Å². The largest absolute Gasteiger partial charge is 0.326 e. The second kappa shape index (κ2) is 9.88. The minimum atomic E-state index is -0.194. The molecule has 0 aromatic heterocycles. The molecule has 2 heteroatoms. The van der Waals surface area contributed by atoms with E-state index in [1.54, 1.807) is 0 Å². The van der Waals surface area contributed by atoms with E-state index in [1.165, 1.54) is 5.56 Å². The van der Waals surface area contributed by atoms with Crippen molar-refractivity contribution < 1.29 is 4.79 Å². The van der Waals surface area contributed by atoms with Crippen molar-refractivity contribution in [1.82, 2.24) is 0 Å².